The number of carbonyl (C=O) groups excluding carboxylic acids is 1. The molecule has 0 unspecified atom stereocenters. The molecule has 30 heavy (non-hydrogen) atoms. The van der Waals surface area contributed by atoms with Crippen molar-refractivity contribution >= 4 is 29.1 Å². The summed E-state index contributed by atoms with van der Waals surface area (Å²) in [7, 11) is 0. The Balaban J connectivity index is 1.83. The van der Waals surface area contributed by atoms with Crippen LogP contribution in [0.25, 0.3) is 5.69 Å². The van der Waals surface area contributed by atoms with E-state index in [0.29, 0.717) is 14.8 Å². The second-order valence-corrected chi connectivity index (χ2v) is 6.94. The van der Waals surface area contributed by atoms with E-state index in [1.54, 1.807) is 0 Å². The molecule has 0 aliphatic carbocycles. The van der Waals surface area contributed by atoms with Crippen LogP contribution in [0.2, 0.25) is 10.0 Å². The molecule has 0 saturated heterocycles. The Morgan fingerprint density at radius 1 is 1.10 bits per heavy atom. The van der Waals surface area contributed by atoms with Crippen molar-refractivity contribution in [1.82, 2.24) is 19.7 Å². The number of hydrogen-bond acceptors (Lipinski definition) is 3. The van der Waals surface area contributed by atoms with E-state index < -0.39 is 36.0 Å². The first-order valence-corrected chi connectivity index (χ1v) is 9.05. The number of aromatic nitrogens is 3. The zero-order valence-corrected chi connectivity index (χ0v) is 16.4. The fraction of sp³-hybridized carbons (Fsp3) is 0.167. The van der Waals surface area contributed by atoms with Gasteiger partial charge in [0.1, 0.15) is 12.4 Å². The third-order valence-corrected chi connectivity index (χ3v) is 4.50. The van der Waals surface area contributed by atoms with E-state index in [2.05, 4.69) is 10.4 Å². The van der Waals surface area contributed by atoms with E-state index in [1.807, 2.05) is 0 Å². The topological polar surface area (TPSA) is 68.9 Å². The van der Waals surface area contributed by atoms with E-state index in [4.69, 9.17) is 23.2 Å². The van der Waals surface area contributed by atoms with Crippen molar-refractivity contribution in [2.75, 3.05) is 0 Å². The summed E-state index contributed by atoms with van der Waals surface area (Å²) >= 11 is 11.3. The maximum absolute atomic E-state index is 13.4. The summed E-state index contributed by atoms with van der Waals surface area (Å²) in [5.74, 6) is -2.96. The summed E-state index contributed by atoms with van der Waals surface area (Å²) in [6.07, 6.45) is -4.94. The van der Waals surface area contributed by atoms with E-state index in [0.717, 1.165) is 6.07 Å². The number of halogens is 6. The zero-order chi connectivity index (χ0) is 22.1. The molecule has 3 rings (SSSR count). The van der Waals surface area contributed by atoms with E-state index >= 15 is 0 Å². The van der Waals surface area contributed by atoms with Gasteiger partial charge in [-0.25, -0.2) is 18.4 Å². The first-order chi connectivity index (χ1) is 14.1. The molecule has 6 nitrogen and oxygen atoms in total. The fourth-order valence-corrected chi connectivity index (χ4v) is 2.80. The first-order valence-electron chi connectivity index (χ1n) is 8.30. The predicted molar refractivity (Wildman–Crippen MR) is 101 cm³/mol. The Bertz CT molecular complexity index is 1140. The fourth-order valence-electron chi connectivity index (χ4n) is 2.56. The molecule has 1 heterocycles. The van der Waals surface area contributed by atoms with Gasteiger partial charge in [-0.05, 0) is 42.0 Å². The van der Waals surface area contributed by atoms with Crippen molar-refractivity contribution in [1.29, 1.82) is 0 Å². The van der Waals surface area contributed by atoms with Gasteiger partial charge in [-0.15, -0.1) is 5.10 Å². The zero-order valence-electron chi connectivity index (χ0n) is 14.9. The van der Waals surface area contributed by atoms with Gasteiger partial charge in [-0.1, -0.05) is 29.3 Å². The molecule has 0 aliphatic rings. The number of rotatable bonds is 5. The molecule has 0 saturated carbocycles. The summed E-state index contributed by atoms with van der Waals surface area (Å²) in [6, 6.07) is 8.95. The van der Waals surface area contributed by atoms with Crippen molar-refractivity contribution in [2.45, 2.75) is 19.3 Å². The highest BCUT2D eigenvalue weighted by molar-refractivity contribution is 6.30. The van der Waals surface area contributed by atoms with Gasteiger partial charge in [0.15, 0.2) is 0 Å². The minimum absolute atomic E-state index is 0.0935. The van der Waals surface area contributed by atoms with Crippen LogP contribution in [0.3, 0.4) is 0 Å². The summed E-state index contributed by atoms with van der Waals surface area (Å²) in [5, 5.41) is 5.83. The number of nitrogens with zero attached hydrogens (tertiary/aromatic N) is 3. The molecule has 0 fully saturated rings. The van der Waals surface area contributed by atoms with Gasteiger partial charge in [0.05, 0.1) is 10.7 Å². The third-order valence-electron chi connectivity index (χ3n) is 3.94. The smallest absolute Gasteiger partial charge is 0.350 e. The van der Waals surface area contributed by atoms with Gasteiger partial charge in [-0.2, -0.15) is 13.2 Å². The highest BCUT2D eigenvalue weighted by atomic mass is 35.5. The molecule has 1 amide bonds. The van der Waals surface area contributed by atoms with Gasteiger partial charge in [0.2, 0.25) is 11.7 Å². The second-order valence-electron chi connectivity index (χ2n) is 6.10. The number of amides is 1. The molecule has 0 radical (unpaired) electrons. The average molecular weight is 463 g/mol. The molecule has 1 N–H and O–H groups in total. The lowest BCUT2D eigenvalue weighted by atomic mass is 10.2. The Labute approximate surface area is 176 Å². The quantitative estimate of drug-likeness (QED) is 0.586. The predicted octanol–water partition coefficient (Wildman–Crippen LogP) is 3.82. The van der Waals surface area contributed by atoms with Crippen molar-refractivity contribution in [2.24, 2.45) is 0 Å². The van der Waals surface area contributed by atoms with Gasteiger partial charge in [-0.3, -0.25) is 4.79 Å². The van der Waals surface area contributed by atoms with Crippen LogP contribution in [0.1, 0.15) is 11.4 Å². The number of nitrogens with one attached hydrogen (secondary N) is 1. The SMILES string of the molecule is O=C(Cn1nc(C(F)(F)F)n(-c2ccc(Cl)cc2)c1=O)NCc1ccc(Cl)c(F)c1. The highest BCUT2D eigenvalue weighted by Gasteiger charge is 2.39. The normalized spacial score (nSPS) is 11.5. The molecule has 12 heteroatoms. The summed E-state index contributed by atoms with van der Waals surface area (Å²) in [5.41, 5.74) is -0.891. The Hall–Kier alpha value is -2.85. The lowest BCUT2D eigenvalue weighted by molar-refractivity contribution is -0.146. The number of alkyl halides is 3. The Morgan fingerprint density at radius 2 is 1.77 bits per heavy atom. The maximum Gasteiger partial charge on any atom is 0.452 e. The maximum atomic E-state index is 13.4. The minimum Gasteiger partial charge on any atom is -0.350 e. The van der Waals surface area contributed by atoms with Gasteiger partial charge in [0, 0.05) is 11.6 Å². The Morgan fingerprint density at radius 3 is 2.37 bits per heavy atom. The van der Waals surface area contributed by atoms with Crippen LogP contribution >= 0.6 is 23.2 Å². The molecular weight excluding hydrogens is 451 g/mol. The van der Waals surface area contributed by atoms with Crippen molar-refractivity contribution in [3.05, 3.63) is 80.2 Å². The largest absolute Gasteiger partial charge is 0.452 e. The van der Waals surface area contributed by atoms with Crippen molar-refractivity contribution < 1.29 is 22.4 Å². The highest BCUT2D eigenvalue weighted by Crippen LogP contribution is 2.28. The van der Waals surface area contributed by atoms with Crippen molar-refractivity contribution in [3.8, 4) is 5.69 Å². The molecule has 0 aliphatic heterocycles. The molecule has 158 valence electrons. The first kappa shape index (κ1) is 21.8. The third kappa shape index (κ3) is 4.82. The van der Waals surface area contributed by atoms with Gasteiger partial charge >= 0.3 is 11.9 Å². The number of benzene rings is 2. The lowest BCUT2D eigenvalue weighted by Crippen LogP contribution is -2.33. The molecule has 0 atom stereocenters. The summed E-state index contributed by atoms with van der Waals surface area (Å²) in [6.45, 7) is -0.885. The number of carbonyl (C=O) groups is 1. The molecular formula is C18H12Cl2F4N4O2. The molecule has 0 bridgehead atoms. The molecule has 3 aromatic rings. The summed E-state index contributed by atoms with van der Waals surface area (Å²) < 4.78 is 54.3. The van der Waals surface area contributed by atoms with Crippen molar-refractivity contribution in [3.63, 3.8) is 0 Å². The van der Waals surface area contributed by atoms with Crippen LogP contribution < -0.4 is 11.0 Å². The standard InChI is InChI=1S/C18H12Cl2F4N4O2/c19-11-2-4-12(5-3-11)28-16(18(22,23)24)26-27(17(28)30)9-15(29)25-8-10-1-6-13(20)14(21)7-10/h1-7H,8-9H2,(H,25,29). The van der Waals surface area contributed by atoms with Gasteiger partial charge < -0.3 is 5.32 Å². The average Bonchev–Trinajstić information content (AvgIpc) is 3.00. The van der Waals surface area contributed by atoms with Crippen LogP contribution in [0, 0.1) is 5.82 Å². The van der Waals surface area contributed by atoms with Gasteiger partial charge in [0.25, 0.3) is 0 Å². The monoisotopic (exact) mass is 462 g/mol. The van der Waals surface area contributed by atoms with Crippen LogP contribution in [0.15, 0.2) is 47.3 Å². The van der Waals surface area contributed by atoms with Crippen LogP contribution in [0.5, 0.6) is 0 Å². The minimum atomic E-state index is -4.94. The van der Waals surface area contributed by atoms with Crippen LogP contribution in [0.4, 0.5) is 17.6 Å². The molecule has 0 spiro atoms. The molecule has 1 aromatic heterocycles. The Kier molecular flexibility index (Phi) is 6.18. The van der Waals surface area contributed by atoms with Crippen LogP contribution in [-0.4, -0.2) is 20.3 Å². The van der Waals surface area contributed by atoms with E-state index in [-0.39, 0.29) is 22.3 Å². The summed E-state index contributed by atoms with van der Waals surface area (Å²) in [4.78, 5) is 24.6. The molecule has 2 aromatic carbocycles. The second kappa shape index (κ2) is 8.49. The lowest BCUT2D eigenvalue weighted by Gasteiger charge is -2.07. The van der Waals surface area contributed by atoms with E-state index in [1.165, 1.54) is 36.4 Å². The van der Waals surface area contributed by atoms with Crippen LogP contribution in [-0.2, 0) is 24.1 Å². The van der Waals surface area contributed by atoms with E-state index in [9.17, 15) is 27.2 Å². The number of hydrogen-bond donors (Lipinski definition) is 1.